The fourth-order valence-electron chi connectivity index (χ4n) is 4.63. The maximum atomic E-state index is 6.60. The number of piperidine rings is 1. The molecule has 0 amide bonds. The lowest BCUT2D eigenvalue weighted by Gasteiger charge is -2.42. The van der Waals surface area contributed by atoms with Crippen molar-refractivity contribution in [3.8, 4) is 0 Å². The molecular weight excluding hydrogens is 459 g/mol. The number of nitrogens with zero attached hydrogens (tertiary/aromatic N) is 1. The van der Waals surface area contributed by atoms with E-state index in [2.05, 4.69) is 59.6 Å². The Bertz CT molecular complexity index is 1010. The maximum absolute atomic E-state index is 6.60. The van der Waals surface area contributed by atoms with Gasteiger partial charge in [0.2, 0.25) is 0 Å². The first-order valence-electron chi connectivity index (χ1n) is 11.3. The molecule has 168 valence electrons. The van der Waals surface area contributed by atoms with Crippen LogP contribution in [-0.4, -0.2) is 18.6 Å². The molecule has 1 fully saturated rings. The van der Waals surface area contributed by atoms with E-state index in [4.69, 9.17) is 34.8 Å². The normalized spacial score (nSPS) is 19.7. The van der Waals surface area contributed by atoms with Crippen molar-refractivity contribution in [3.63, 3.8) is 0 Å². The molecule has 0 aromatic heterocycles. The van der Waals surface area contributed by atoms with Gasteiger partial charge in [-0.1, -0.05) is 77.3 Å². The molecule has 0 saturated carbocycles. The molecule has 1 aliphatic rings. The van der Waals surface area contributed by atoms with Gasteiger partial charge < -0.3 is 10.2 Å². The monoisotopic (exact) mass is 486 g/mol. The van der Waals surface area contributed by atoms with Crippen LogP contribution in [0.2, 0.25) is 15.1 Å². The lowest BCUT2D eigenvalue weighted by atomic mass is 9.90. The molecule has 3 aromatic carbocycles. The SMILES string of the molecule is CC(CCc1ccccc1)NC1CCN(c2ccc(Cl)cc2Cl)C(c2ccc(Cl)cc2)C1. The summed E-state index contributed by atoms with van der Waals surface area (Å²) in [7, 11) is 0. The Hall–Kier alpha value is -1.71. The largest absolute Gasteiger partial charge is 0.363 e. The van der Waals surface area contributed by atoms with Crippen LogP contribution in [0, 0.1) is 0 Å². The second-order valence-corrected chi connectivity index (χ2v) is 9.95. The standard InChI is InChI=1S/C27H29Cl3N2/c1-19(7-8-20-5-3-2-4-6-20)31-24-15-16-32(26-14-13-23(29)17-25(26)30)27(18-24)21-9-11-22(28)12-10-21/h2-6,9-14,17,19,24,27,31H,7-8,15-16,18H2,1H3. The molecule has 3 aromatic rings. The smallest absolute Gasteiger partial charge is 0.0654 e. The lowest BCUT2D eigenvalue weighted by molar-refractivity contribution is 0.328. The van der Waals surface area contributed by atoms with Crippen LogP contribution in [0.4, 0.5) is 5.69 Å². The highest BCUT2D eigenvalue weighted by atomic mass is 35.5. The minimum Gasteiger partial charge on any atom is -0.363 e. The predicted octanol–water partition coefficient (Wildman–Crippen LogP) is 7.97. The van der Waals surface area contributed by atoms with Crippen molar-refractivity contribution >= 4 is 40.5 Å². The Labute approximate surface area is 206 Å². The molecule has 4 rings (SSSR count). The summed E-state index contributed by atoms with van der Waals surface area (Å²) in [6.07, 6.45) is 4.29. The van der Waals surface area contributed by atoms with E-state index in [1.807, 2.05) is 30.3 Å². The summed E-state index contributed by atoms with van der Waals surface area (Å²) < 4.78 is 0. The molecular formula is C27H29Cl3N2. The molecule has 3 unspecified atom stereocenters. The highest BCUT2D eigenvalue weighted by Gasteiger charge is 2.31. The van der Waals surface area contributed by atoms with Crippen LogP contribution in [0.15, 0.2) is 72.8 Å². The second kappa shape index (κ2) is 10.9. The van der Waals surface area contributed by atoms with Crippen molar-refractivity contribution in [2.24, 2.45) is 0 Å². The number of hydrogen-bond donors (Lipinski definition) is 1. The molecule has 0 bridgehead atoms. The van der Waals surface area contributed by atoms with Crippen LogP contribution in [0.25, 0.3) is 0 Å². The molecule has 2 nitrogen and oxygen atoms in total. The van der Waals surface area contributed by atoms with Crippen LogP contribution < -0.4 is 10.2 Å². The van der Waals surface area contributed by atoms with E-state index in [-0.39, 0.29) is 6.04 Å². The fourth-order valence-corrected chi connectivity index (χ4v) is 5.28. The van der Waals surface area contributed by atoms with Crippen molar-refractivity contribution in [3.05, 3.63) is 99.0 Å². The number of anilines is 1. The Kier molecular flexibility index (Phi) is 8.02. The minimum absolute atomic E-state index is 0.221. The Morgan fingerprint density at radius 2 is 1.66 bits per heavy atom. The van der Waals surface area contributed by atoms with Gasteiger partial charge in [0, 0.05) is 28.7 Å². The zero-order valence-electron chi connectivity index (χ0n) is 18.3. The summed E-state index contributed by atoms with van der Waals surface area (Å²) in [4.78, 5) is 2.41. The summed E-state index contributed by atoms with van der Waals surface area (Å²) in [6, 6.07) is 25.8. The third-order valence-electron chi connectivity index (χ3n) is 6.31. The van der Waals surface area contributed by atoms with Crippen molar-refractivity contribution in [1.82, 2.24) is 5.32 Å². The second-order valence-electron chi connectivity index (χ2n) is 8.67. The summed E-state index contributed by atoms with van der Waals surface area (Å²) in [5.41, 5.74) is 3.68. The van der Waals surface area contributed by atoms with E-state index in [1.165, 1.54) is 11.1 Å². The minimum atomic E-state index is 0.221. The number of halogens is 3. The molecule has 1 saturated heterocycles. The fraction of sp³-hybridized carbons (Fsp3) is 0.333. The Morgan fingerprint density at radius 1 is 0.938 bits per heavy atom. The molecule has 1 aliphatic heterocycles. The first-order chi connectivity index (χ1) is 15.5. The zero-order chi connectivity index (χ0) is 22.5. The zero-order valence-corrected chi connectivity index (χ0v) is 20.5. The van der Waals surface area contributed by atoms with E-state index in [9.17, 15) is 0 Å². The summed E-state index contributed by atoms with van der Waals surface area (Å²) in [5, 5.41) is 6.00. The van der Waals surface area contributed by atoms with Crippen LogP contribution in [-0.2, 0) is 6.42 Å². The first-order valence-corrected chi connectivity index (χ1v) is 12.4. The van der Waals surface area contributed by atoms with Gasteiger partial charge in [0.25, 0.3) is 0 Å². The van der Waals surface area contributed by atoms with Gasteiger partial charge in [-0.05, 0) is 74.1 Å². The van der Waals surface area contributed by atoms with E-state index in [0.29, 0.717) is 22.1 Å². The predicted molar refractivity (Wildman–Crippen MR) is 138 cm³/mol. The van der Waals surface area contributed by atoms with Gasteiger partial charge in [0.1, 0.15) is 0 Å². The molecule has 0 aliphatic carbocycles. The molecule has 1 heterocycles. The molecule has 0 spiro atoms. The van der Waals surface area contributed by atoms with E-state index in [1.54, 1.807) is 0 Å². The van der Waals surface area contributed by atoms with Gasteiger partial charge in [-0.15, -0.1) is 0 Å². The summed E-state index contributed by atoms with van der Waals surface area (Å²) >= 11 is 18.9. The third kappa shape index (κ3) is 5.99. The number of nitrogens with one attached hydrogen (secondary N) is 1. The van der Waals surface area contributed by atoms with Gasteiger partial charge in [0.15, 0.2) is 0 Å². The highest BCUT2D eigenvalue weighted by Crippen LogP contribution is 2.39. The van der Waals surface area contributed by atoms with Gasteiger partial charge in [0.05, 0.1) is 16.8 Å². The quantitative estimate of drug-likeness (QED) is 0.363. The Morgan fingerprint density at radius 3 is 2.38 bits per heavy atom. The maximum Gasteiger partial charge on any atom is 0.0654 e. The van der Waals surface area contributed by atoms with Crippen molar-refractivity contribution in [2.75, 3.05) is 11.4 Å². The van der Waals surface area contributed by atoms with Crippen molar-refractivity contribution in [1.29, 1.82) is 0 Å². The average Bonchev–Trinajstić information content (AvgIpc) is 2.79. The summed E-state index contributed by atoms with van der Waals surface area (Å²) in [5.74, 6) is 0. The highest BCUT2D eigenvalue weighted by molar-refractivity contribution is 6.36. The van der Waals surface area contributed by atoms with Crippen LogP contribution >= 0.6 is 34.8 Å². The molecule has 5 heteroatoms. The summed E-state index contributed by atoms with van der Waals surface area (Å²) in [6.45, 7) is 3.22. The van der Waals surface area contributed by atoms with Gasteiger partial charge >= 0.3 is 0 Å². The van der Waals surface area contributed by atoms with E-state index in [0.717, 1.165) is 42.9 Å². The molecule has 3 atom stereocenters. The van der Waals surface area contributed by atoms with Gasteiger partial charge in [-0.3, -0.25) is 0 Å². The Balaban J connectivity index is 1.47. The van der Waals surface area contributed by atoms with Crippen molar-refractivity contribution in [2.45, 2.75) is 50.7 Å². The van der Waals surface area contributed by atoms with Crippen molar-refractivity contribution < 1.29 is 0 Å². The van der Waals surface area contributed by atoms with Gasteiger partial charge in [-0.25, -0.2) is 0 Å². The number of aryl methyl sites for hydroxylation is 1. The number of benzene rings is 3. The van der Waals surface area contributed by atoms with Crippen LogP contribution in [0.3, 0.4) is 0 Å². The average molecular weight is 488 g/mol. The number of rotatable bonds is 7. The number of hydrogen-bond acceptors (Lipinski definition) is 2. The van der Waals surface area contributed by atoms with Crippen LogP contribution in [0.5, 0.6) is 0 Å². The third-order valence-corrected chi connectivity index (χ3v) is 7.10. The van der Waals surface area contributed by atoms with Crippen LogP contribution in [0.1, 0.15) is 43.4 Å². The topological polar surface area (TPSA) is 15.3 Å². The molecule has 32 heavy (non-hydrogen) atoms. The molecule has 0 radical (unpaired) electrons. The van der Waals surface area contributed by atoms with Gasteiger partial charge in [-0.2, -0.15) is 0 Å². The lowest BCUT2D eigenvalue weighted by Crippen LogP contribution is -2.47. The van der Waals surface area contributed by atoms with E-state index < -0.39 is 0 Å². The first kappa shape index (κ1) is 23.4. The molecule has 1 N–H and O–H groups in total. The van der Waals surface area contributed by atoms with E-state index >= 15 is 0 Å².